The third-order valence-electron chi connectivity index (χ3n) is 5.49. The van der Waals surface area contributed by atoms with Gasteiger partial charge < -0.3 is 19.8 Å². The SMILES string of the molecule is COc1ccc(OC)c(Sc2nc3c(N)ncn(CCc4c(C)cc(C)cc4C)c-3n2)c1. The van der Waals surface area contributed by atoms with Crippen molar-refractivity contribution in [2.75, 3.05) is 20.0 Å². The molecule has 0 amide bonds. The minimum absolute atomic E-state index is 0.371. The molecule has 0 atom stereocenters. The zero-order chi connectivity index (χ0) is 22.8. The van der Waals surface area contributed by atoms with Crippen LogP contribution >= 0.6 is 11.8 Å². The van der Waals surface area contributed by atoms with Gasteiger partial charge in [0, 0.05) is 6.54 Å². The summed E-state index contributed by atoms with van der Waals surface area (Å²) in [5, 5.41) is 0.586. The quantitative estimate of drug-likeness (QED) is 0.438. The average molecular weight is 450 g/mol. The lowest BCUT2D eigenvalue weighted by molar-refractivity contribution is 0.394. The molecule has 4 rings (SSSR count). The van der Waals surface area contributed by atoms with Crippen LogP contribution in [0.5, 0.6) is 11.5 Å². The number of methoxy groups -OCH3 is 2. The van der Waals surface area contributed by atoms with Crippen molar-refractivity contribution in [1.29, 1.82) is 0 Å². The molecule has 32 heavy (non-hydrogen) atoms. The molecule has 2 N–H and O–H groups in total. The Morgan fingerprint density at radius 2 is 1.75 bits per heavy atom. The number of ether oxygens (including phenoxy) is 2. The molecule has 0 aromatic heterocycles. The molecule has 2 aromatic rings. The van der Waals surface area contributed by atoms with E-state index in [0.717, 1.165) is 35.2 Å². The fraction of sp³-hybridized carbons (Fsp3) is 0.292. The maximum Gasteiger partial charge on any atom is 0.195 e. The van der Waals surface area contributed by atoms with E-state index in [-0.39, 0.29) is 0 Å². The standard InChI is InChI=1S/C24H27N5O2S/c1-14-10-15(2)18(16(3)11-14)8-9-29-13-26-22(25)21-23(29)28-24(27-21)32-20-12-17(30-4)6-7-19(20)31-5/h6-7,10-13H,8-9,25H2,1-5H3. The molecule has 0 aliphatic carbocycles. The van der Waals surface area contributed by atoms with Gasteiger partial charge in [0.2, 0.25) is 0 Å². The first-order chi connectivity index (χ1) is 15.4. The summed E-state index contributed by atoms with van der Waals surface area (Å²) in [6.45, 7) is 7.19. The van der Waals surface area contributed by atoms with Gasteiger partial charge in [0.15, 0.2) is 22.5 Å². The number of rotatable bonds is 7. The molecule has 0 bridgehead atoms. The molecule has 0 saturated carbocycles. The van der Waals surface area contributed by atoms with Crippen molar-refractivity contribution in [2.45, 2.75) is 43.8 Å². The fourth-order valence-corrected chi connectivity index (χ4v) is 4.83. The fourth-order valence-electron chi connectivity index (χ4n) is 3.94. The minimum atomic E-state index is 0.371. The zero-order valence-electron chi connectivity index (χ0n) is 19.0. The van der Waals surface area contributed by atoms with Crippen LogP contribution in [-0.2, 0) is 13.0 Å². The first-order valence-electron chi connectivity index (χ1n) is 10.3. The molecule has 0 radical (unpaired) electrons. The first-order valence-corrected chi connectivity index (χ1v) is 11.2. The number of fused-ring (bicyclic) bond motifs is 1. The van der Waals surface area contributed by atoms with E-state index in [1.165, 1.54) is 34.0 Å². The number of aromatic nitrogens is 4. The molecule has 0 spiro atoms. The van der Waals surface area contributed by atoms with Crippen molar-refractivity contribution in [1.82, 2.24) is 19.5 Å². The number of aryl methyl sites for hydroxylation is 4. The van der Waals surface area contributed by atoms with Crippen LogP contribution in [0.2, 0.25) is 0 Å². The Morgan fingerprint density at radius 1 is 1.00 bits per heavy atom. The van der Waals surface area contributed by atoms with Crippen LogP contribution in [0.1, 0.15) is 22.3 Å². The molecule has 0 unspecified atom stereocenters. The molecule has 166 valence electrons. The highest BCUT2D eigenvalue weighted by molar-refractivity contribution is 7.99. The number of hydrogen-bond acceptors (Lipinski definition) is 7. The number of nitrogens with two attached hydrogens (primary N) is 1. The van der Waals surface area contributed by atoms with Gasteiger partial charge in [-0.1, -0.05) is 17.7 Å². The second kappa shape index (κ2) is 9.08. The Morgan fingerprint density at radius 3 is 2.44 bits per heavy atom. The Balaban J connectivity index is 1.64. The average Bonchev–Trinajstić information content (AvgIpc) is 3.19. The third kappa shape index (κ3) is 4.36. The van der Waals surface area contributed by atoms with E-state index in [2.05, 4.69) is 42.9 Å². The van der Waals surface area contributed by atoms with E-state index in [1.54, 1.807) is 20.5 Å². The van der Waals surface area contributed by atoms with Crippen LogP contribution in [0.4, 0.5) is 5.82 Å². The normalized spacial score (nSPS) is 11.2. The monoisotopic (exact) mass is 449 g/mol. The molecular weight excluding hydrogens is 422 g/mol. The van der Waals surface area contributed by atoms with Crippen molar-refractivity contribution >= 4 is 17.6 Å². The maximum atomic E-state index is 6.12. The second-order valence-corrected chi connectivity index (χ2v) is 8.76. The highest BCUT2D eigenvalue weighted by Crippen LogP contribution is 2.38. The summed E-state index contributed by atoms with van der Waals surface area (Å²) in [6, 6.07) is 10.1. The number of anilines is 1. The second-order valence-electron chi connectivity index (χ2n) is 7.75. The number of nitrogen functional groups attached to an aromatic ring is 1. The van der Waals surface area contributed by atoms with E-state index >= 15 is 0 Å². The van der Waals surface area contributed by atoms with E-state index < -0.39 is 0 Å². The number of nitrogens with zero attached hydrogens (tertiary/aromatic N) is 4. The van der Waals surface area contributed by atoms with E-state index in [0.29, 0.717) is 16.7 Å². The van der Waals surface area contributed by atoms with Crippen LogP contribution in [0.25, 0.3) is 11.5 Å². The van der Waals surface area contributed by atoms with Gasteiger partial charge in [-0.05, 0) is 73.8 Å². The molecule has 2 aliphatic heterocycles. The Kier molecular flexibility index (Phi) is 6.23. The van der Waals surface area contributed by atoms with Crippen molar-refractivity contribution < 1.29 is 9.47 Å². The van der Waals surface area contributed by atoms with E-state index in [1.807, 2.05) is 22.8 Å². The summed E-state index contributed by atoms with van der Waals surface area (Å²) in [5.74, 6) is 2.57. The summed E-state index contributed by atoms with van der Waals surface area (Å²) in [4.78, 5) is 14.6. The molecule has 2 aliphatic rings. The smallest absolute Gasteiger partial charge is 0.195 e. The molecule has 7 nitrogen and oxygen atoms in total. The van der Waals surface area contributed by atoms with Gasteiger partial charge in [0.1, 0.15) is 11.5 Å². The summed E-state index contributed by atoms with van der Waals surface area (Å²) in [5.41, 5.74) is 12.0. The summed E-state index contributed by atoms with van der Waals surface area (Å²) < 4.78 is 12.8. The van der Waals surface area contributed by atoms with Crippen LogP contribution < -0.4 is 15.2 Å². The van der Waals surface area contributed by atoms with Crippen molar-refractivity contribution in [3.05, 3.63) is 58.9 Å². The van der Waals surface area contributed by atoms with Crippen molar-refractivity contribution in [2.24, 2.45) is 0 Å². The predicted molar refractivity (Wildman–Crippen MR) is 127 cm³/mol. The van der Waals surface area contributed by atoms with Gasteiger partial charge in [-0.3, -0.25) is 0 Å². The molecule has 0 saturated heterocycles. The lowest BCUT2D eigenvalue weighted by Crippen LogP contribution is -2.11. The Bertz CT molecular complexity index is 1210. The first kappa shape index (κ1) is 22.0. The zero-order valence-corrected chi connectivity index (χ0v) is 19.8. The van der Waals surface area contributed by atoms with Gasteiger partial charge in [0.05, 0.1) is 25.4 Å². The van der Waals surface area contributed by atoms with Gasteiger partial charge in [-0.15, -0.1) is 0 Å². The lowest BCUT2D eigenvalue weighted by atomic mass is 9.97. The van der Waals surface area contributed by atoms with Crippen molar-refractivity contribution in [3.63, 3.8) is 0 Å². The van der Waals surface area contributed by atoms with Crippen LogP contribution in [-0.4, -0.2) is 33.7 Å². The number of imidazole rings is 1. The number of hydrogen-bond donors (Lipinski definition) is 1. The Labute approximate surface area is 192 Å². The molecule has 2 aromatic carbocycles. The molecular formula is C24H27N5O2S. The van der Waals surface area contributed by atoms with E-state index in [4.69, 9.17) is 20.2 Å². The van der Waals surface area contributed by atoms with Gasteiger partial charge in [-0.25, -0.2) is 15.0 Å². The van der Waals surface area contributed by atoms with Gasteiger partial charge >= 0.3 is 0 Å². The highest BCUT2D eigenvalue weighted by Gasteiger charge is 2.21. The van der Waals surface area contributed by atoms with Crippen LogP contribution in [0, 0.1) is 20.8 Å². The van der Waals surface area contributed by atoms with Crippen LogP contribution in [0.15, 0.2) is 46.7 Å². The van der Waals surface area contributed by atoms with Crippen molar-refractivity contribution in [3.8, 4) is 23.0 Å². The predicted octanol–water partition coefficient (Wildman–Crippen LogP) is 4.70. The lowest BCUT2D eigenvalue weighted by Gasteiger charge is -2.14. The van der Waals surface area contributed by atoms with E-state index in [9.17, 15) is 0 Å². The molecule has 8 heteroatoms. The highest BCUT2D eigenvalue weighted by atomic mass is 32.2. The maximum absolute atomic E-state index is 6.12. The molecule has 0 fully saturated rings. The largest absolute Gasteiger partial charge is 0.497 e. The van der Waals surface area contributed by atoms with Crippen LogP contribution in [0.3, 0.4) is 0 Å². The summed E-state index contributed by atoms with van der Waals surface area (Å²) in [7, 11) is 3.27. The van der Waals surface area contributed by atoms with Gasteiger partial charge in [-0.2, -0.15) is 0 Å². The number of benzene rings is 2. The molecule has 2 heterocycles. The third-order valence-corrected chi connectivity index (χ3v) is 6.39. The van der Waals surface area contributed by atoms with Gasteiger partial charge in [0.25, 0.3) is 0 Å². The topological polar surface area (TPSA) is 88.1 Å². The summed E-state index contributed by atoms with van der Waals surface area (Å²) in [6.07, 6.45) is 2.62. The summed E-state index contributed by atoms with van der Waals surface area (Å²) >= 11 is 1.41. The minimum Gasteiger partial charge on any atom is -0.497 e. The Hall–Kier alpha value is -3.26.